The number of hydrogen-bond acceptors (Lipinski definition) is 5. The van der Waals surface area contributed by atoms with Crippen LogP contribution in [0, 0.1) is 0 Å². The number of benzene rings is 1. The van der Waals surface area contributed by atoms with Crippen LogP contribution in [0.5, 0.6) is 0 Å². The van der Waals surface area contributed by atoms with Crippen LogP contribution in [0.15, 0.2) is 53.3 Å². The third kappa shape index (κ3) is 3.06. The molecule has 1 aromatic carbocycles. The summed E-state index contributed by atoms with van der Waals surface area (Å²) in [7, 11) is 0. The monoisotopic (exact) mass is 300 g/mol. The Kier molecular flexibility index (Phi) is 3.61. The quantitative estimate of drug-likeness (QED) is 0.804. The van der Waals surface area contributed by atoms with Crippen LogP contribution >= 0.6 is 11.6 Å². The molecular formula is C14H9ClN4O2. The van der Waals surface area contributed by atoms with Crippen LogP contribution in [0.25, 0.3) is 11.3 Å². The van der Waals surface area contributed by atoms with Gasteiger partial charge in [-0.1, -0.05) is 16.8 Å². The van der Waals surface area contributed by atoms with E-state index in [1.54, 1.807) is 36.4 Å². The SMILES string of the molecule is O=C(Nc1ncccn1)c1cc(-c2ccc(Cl)cc2)on1. The Bertz CT molecular complexity index is 756. The number of carbonyl (C=O) groups is 1. The van der Waals surface area contributed by atoms with E-state index in [0.29, 0.717) is 10.8 Å². The minimum Gasteiger partial charge on any atom is -0.355 e. The summed E-state index contributed by atoms with van der Waals surface area (Å²) in [5, 5.41) is 6.89. The summed E-state index contributed by atoms with van der Waals surface area (Å²) in [5.41, 5.74) is 0.925. The van der Waals surface area contributed by atoms with Crippen LogP contribution < -0.4 is 5.32 Å². The van der Waals surface area contributed by atoms with Crippen LogP contribution in [0.4, 0.5) is 5.95 Å². The number of anilines is 1. The summed E-state index contributed by atoms with van der Waals surface area (Å²) in [6, 6.07) is 10.2. The van der Waals surface area contributed by atoms with Crippen molar-refractivity contribution in [2.45, 2.75) is 0 Å². The summed E-state index contributed by atoms with van der Waals surface area (Å²) in [4.78, 5) is 19.8. The van der Waals surface area contributed by atoms with Gasteiger partial charge in [0.25, 0.3) is 5.91 Å². The molecule has 1 N–H and O–H groups in total. The van der Waals surface area contributed by atoms with Gasteiger partial charge >= 0.3 is 0 Å². The summed E-state index contributed by atoms with van der Waals surface area (Å²) in [6.07, 6.45) is 3.06. The van der Waals surface area contributed by atoms with Crippen molar-refractivity contribution in [1.29, 1.82) is 0 Å². The van der Waals surface area contributed by atoms with Crippen molar-refractivity contribution in [1.82, 2.24) is 15.1 Å². The zero-order valence-electron chi connectivity index (χ0n) is 10.7. The molecule has 0 saturated carbocycles. The molecule has 3 rings (SSSR count). The standard InChI is InChI=1S/C14H9ClN4O2/c15-10-4-2-9(3-5-10)12-8-11(19-21-12)13(20)18-14-16-6-1-7-17-14/h1-8H,(H,16,17,18,20). The van der Waals surface area contributed by atoms with Crippen molar-refractivity contribution in [3.8, 4) is 11.3 Å². The molecule has 2 aromatic heterocycles. The Morgan fingerprint density at radius 1 is 1.14 bits per heavy atom. The Morgan fingerprint density at radius 2 is 1.86 bits per heavy atom. The van der Waals surface area contributed by atoms with Gasteiger partial charge in [0.1, 0.15) is 0 Å². The van der Waals surface area contributed by atoms with Crippen molar-refractivity contribution in [3.63, 3.8) is 0 Å². The van der Waals surface area contributed by atoms with Crippen LogP contribution in [0.2, 0.25) is 5.02 Å². The molecule has 0 aliphatic heterocycles. The maximum absolute atomic E-state index is 12.0. The Morgan fingerprint density at radius 3 is 2.57 bits per heavy atom. The second-order valence-electron chi connectivity index (χ2n) is 4.11. The van der Waals surface area contributed by atoms with E-state index >= 15 is 0 Å². The molecule has 21 heavy (non-hydrogen) atoms. The molecular weight excluding hydrogens is 292 g/mol. The van der Waals surface area contributed by atoms with Gasteiger partial charge < -0.3 is 4.52 Å². The van der Waals surface area contributed by atoms with Crippen LogP contribution in [-0.2, 0) is 0 Å². The van der Waals surface area contributed by atoms with Gasteiger partial charge in [0.15, 0.2) is 11.5 Å². The second kappa shape index (κ2) is 5.72. The van der Waals surface area contributed by atoms with Crippen LogP contribution in [0.1, 0.15) is 10.5 Å². The van der Waals surface area contributed by atoms with Crippen molar-refractivity contribution < 1.29 is 9.32 Å². The fraction of sp³-hybridized carbons (Fsp3) is 0. The van der Waals surface area contributed by atoms with Crippen LogP contribution in [0.3, 0.4) is 0 Å². The molecule has 104 valence electrons. The molecule has 3 aromatic rings. The summed E-state index contributed by atoms with van der Waals surface area (Å²) >= 11 is 5.82. The van der Waals surface area contributed by atoms with E-state index in [0.717, 1.165) is 5.56 Å². The maximum atomic E-state index is 12.0. The van der Waals surface area contributed by atoms with E-state index in [2.05, 4.69) is 20.4 Å². The molecule has 0 aliphatic carbocycles. The lowest BCUT2D eigenvalue weighted by molar-refractivity contribution is 0.101. The van der Waals surface area contributed by atoms with Crippen molar-refractivity contribution >= 4 is 23.5 Å². The first-order valence-corrected chi connectivity index (χ1v) is 6.41. The average Bonchev–Trinajstić information content (AvgIpc) is 2.99. The topological polar surface area (TPSA) is 80.9 Å². The van der Waals surface area contributed by atoms with Gasteiger partial charge in [-0.05, 0) is 30.3 Å². The summed E-state index contributed by atoms with van der Waals surface area (Å²) in [6.45, 7) is 0. The number of nitrogens with zero attached hydrogens (tertiary/aromatic N) is 3. The number of amides is 1. The first-order valence-electron chi connectivity index (χ1n) is 6.03. The lowest BCUT2D eigenvalue weighted by Crippen LogP contribution is -2.14. The molecule has 7 heteroatoms. The normalized spacial score (nSPS) is 10.3. The molecule has 0 saturated heterocycles. The molecule has 0 fully saturated rings. The lowest BCUT2D eigenvalue weighted by atomic mass is 10.1. The molecule has 0 unspecified atom stereocenters. The highest BCUT2D eigenvalue weighted by Crippen LogP contribution is 2.22. The van der Waals surface area contributed by atoms with Crippen molar-refractivity contribution in [2.24, 2.45) is 0 Å². The molecule has 2 heterocycles. The summed E-state index contributed by atoms with van der Waals surface area (Å²) in [5.74, 6) is 0.245. The predicted molar refractivity (Wildman–Crippen MR) is 76.9 cm³/mol. The number of carbonyl (C=O) groups excluding carboxylic acids is 1. The molecule has 0 atom stereocenters. The molecule has 0 aliphatic rings. The van der Waals surface area contributed by atoms with Gasteiger partial charge in [-0.15, -0.1) is 0 Å². The molecule has 0 spiro atoms. The van der Waals surface area contributed by atoms with Crippen LogP contribution in [-0.4, -0.2) is 21.0 Å². The van der Waals surface area contributed by atoms with Gasteiger partial charge in [0, 0.05) is 29.0 Å². The van der Waals surface area contributed by atoms with E-state index in [1.165, 1.54) is 12.4 Å². The van der Waals surface area contributed by atoms with E-state index in [9.17, 15) is 4.79 Å². The van der Waals surface area contributed by atoms with E-state index in [-0.39, 0.29) is 11.6 Å². The highest BCUT2D eigenvalue weighted by molar-refractivity contribution is 6.30. The minimum absolute atomic E-state index is 0.146. The highest BCUT2D eigenvalue weighted by Gasteiger charge is 2.14. The van der Waals surface area contributed by atoms with Gasteiger partial charge in [0.2, 0.25) is 5.95 Å². The molecule has 6 nitrogen and oxygen atoms in total. The lowest BCUT2D eigenvalue weighted by Gasteiger charge is -1.98. The fourth-order valence-electron chi connectivity index (χ4n) is 1.66. The van der Waals surface area contributed by atoms with E-state index < -0.39 is 5.91 Å². The maximum Gasteiger partial charge on any atom is 0.280 e. The van der Waals surface area contributed by atoms with Gasteiger partial charge in [-0.25, -0.2) is 9.97 Å². The number of hydrogen-bond donors (Lipinski definition) is 1. The Labute approximate surface area is 124 Å². The number of rotatable bonds is 3. The zero-order chi connectivity index (χ0) is 14.7. The molecule has 0 radical (unpaired) electrons. The van der Waals surface area contributed by atoms with E-state index in [1.807, 2.05) is 0 Å². The number of halogens is 1. The Hall–Kier alpha value is -2.73. The minimum atomic E-state index is -0.440. The van der Waals surface area contributed by atoms with Gasteiger partial charge in [0.05, 0.1) is 0 Å². The van der Waals surface area contributed by atoms with Crippen molar-refractivity contribution in [3.05, 3.63) is 59.5 Å². The zero-order valence-corrected chi connectivity index (χ0v) is 11.4. The summed E-state index contributed by atoms with van der Waals surface area (Å²) < 4.78 is 5.15. The molecule has 0 bridgehead atoms. The highest BCUT2D eigenvalue weighted by atomic mass is 35.5. The average molecular weight is 301 g/mol. The third-order valence-corrected chi connectivity index (χ3v) is 2.91. The van der Waals surface area contributed by atoms with Crippen molar-refractivity contribution in [2.75, 3.05) is 5.32 Å². The largest absolute Gasteiger partial charge is 0.355 e. The second-order valence-corrected chi connectivity index (χ2v) is 4.55. The van der Waals surface area contributed by atoms with E-state index in [4.69, 9.17) is 16.1 Å². The molecule has 1 amide bonds. The Balaban J connectivity index is 1.78. The number of aromatic nitrogens is 3. The predicted octanol–water partition coefficient (Wildman–Crippen LogP) is 3.04. The van der Waals surface area contributed by atoms with Gasteiger partial charge in [-0.2, -0.15) is 0 Å². The van der Waals surface area contributed by atoms with Gasteiger partial charge in [-0.3, -0.25) is 10.1 Å². The first kappa shape index (κ1) is 13.3. The number of nitrogens with one attached hydrogen (secondary N) is 1. The first-order chi connectivity index (χ1) is 10.2. The third-order valence-electron chi connectivity index (χ3n) is 2.66. The smallest absolute Gasteiger partial charge is 0.280 e. The fourth-order valence-corrected chi connectivity index (χ4v) is 1.79.